The molecule has 0 fully saturated rings. The van der Waals surface area contributed by atoms with Crippen LogP contribution in [0.25, 0.3) is 0 Å². The highest BCUT2D eigenvalue weighted by atomic mass is 16.5. The topological polar surface area (TPSA) is 21.6 Å². The molecule has 42 valence electrons. The molecule has 0 aromatic rings. The Kier molecular flexibility index (Phi) is 1.47. The Bertz CT molecular complexity index is 147. The zero-order valence-corrected chi connectivity index (χ0v) is 4.50. The summed E-state index contributed by atoms with van der Waals surface area (Å²) in [7, 11) is 0. The zero-order chi connectivity index (χ0) is 5.82. The summed E-state index contributed by atoms with van der Waals surface area (Å²) in [4.78, 5) is 3.87. The molecule has 0 radical (unpaired) electrons. The van der Waals surface area contributed by atoms with Crippen molar-refractivity contribution in [1.29, 1.82) is 0 Å². The summed E-state index contributed by atoms with van der Waals surface area (Å²) in [5.41, 5.74) is 0. The molecule has 0 saturated heterocycles. The van der Waals surface area contributed by atoms with Gasteiger partial charge in [-0.2, -0.15) is 0 Å². The van der Waals surface area contributed by atoms with Crippen molar-refractivity contribution in [2.75, 3.05) is 6.61 Å². The lowest BCUT2D eigenvalue weighted by Crippen LogP contribution is -1.79. The third-order valence-corrected chi connectivity index (χ3v) is 0.785. The standard InChI is InChI=1S/C6H7NO/c1-2-3-6-7-4-5-8-6/h2-4H,1,5H2. The predicted octanol–water partition coefficient (Wildman–Crippen LogP) is 1.11. The minimum atomic E-state index is 0.597. The second-order valence-corrected chi connectivity index (χ2v) is 1.36. The molecule has 1 aliphatic rings. The van der Waals surface area contributed by atoms with Crippen molar-refractivity contribution in [1.82, 2.24) is 0 Å². The van der Waals surface area contributed by atoms with Gasteiger partial charge in [-0.3, -0.25) is 0 Å². The van der Waals surface area contributed by atoms with Gasteiger partial charge in [-0.05, 0) is 6.08 Å². The van der Waals surface area contributed by atoms with Crippen LogP contribution in [0.4, 0.5) is 0 Å². The molecule has 0 unspecified atom stereocenters. The van der Waals surface area contributed by atoms with Crippen molar-refractivity contribution in [3.63, 3.8) is 0 Å². The third kappa shape index (κ3) is 0.964. The predicted molar refractivity (Wildman–Crippen MR) is 32.7 cm³/mol. The molecule has 1 rings (SSSR count). The van der Waals surface area contributed by atoms with E-state index in [2.05, 4.69) is 11.6 Å². The van der Waals surface area contributed by atoms with Crippen LogP contribution in [-0.4, -0.2) is 12.8 Å². The highest BCUT2D eigenvalue weighted by Gasteiger charge is 1.96. The molecule has 0 bridgehead atoms. The molecular weight excluding hydrogens is 102 g/mol. The van der Waals surface area contributed by atoms with Crippen molar-refractivity contribution in [2.24, 2.45) is 4.99 Å². The molecular formula is C6H7NO. The lowest BCUT2D eigenvalue weighted by molar-refractivity contribution is 0.278. The van der Waals surface area contributed by atoms with Gasteiger partial charge in [0.2, 0.25) is 5.88 Å². The van der Waals surface area contributed by atoms with Crippen LogP contribution in [0.2, 0.25) is 0 Å². The summed E-state index contributed by atoms with van der Waals surface area (Å²) < 4.78 is 4.96. The van der Waals surface area contributed by atoms with Crippen LogP contribution < -0.4 is 0 Å². The lowest BCUT2D eigenvalue weighted by Gasteiger charge is -1.89. The second kappa shape index (κ2) is 2.31. The average Bonchev–Trinajstić information content (AvgIpc) is 2.19. The van der Waals surface area contributed by atoms with E-state index in [4.69, 9.17) is 4.74 Å². The SMILES string of the molecule is C=CC=C1N=CCO1. The maximum Gasteiger partial charge on any atom is 0.213 e. The number of allylic oxidation sites excluding steroid dienone is 2. The molecule has 0 amide bonds. The van der Waals surface area contributed by atoms with Gasteiger partial charge in [0.25, 0.3) is 0 Å². The highest BCUT2D eigenvalue weighted by Crippen LogP contribution is 2.02. The van der Waals surface area contributed by atoms with Gasteiger partial charge in [-0.15, -0.1) is 0 Å². The quantitative estimate of drug-likeness (QED) is 0.494. The van der Waals surface area contributed by atoms with Gasteiger partial charge in [0, 0.05) is 6.21 Å². The van der Waals surface area contributed by atoms with Crippen LogP contribution in [0.15, 0.2) is 29.6 Å². The first kappa shape index (κ1) is 5.09. The summed E-state index contributed by atoms with van der Waals surface area (Å²) in [5.74, 6) is 0.653. The number of hydrogen-bond donors (Lipinski definition) is 0. The number of aliphatic imine (C=N–C) groups is 1. The van der Waals surface area contributed by atoms with Crippen molar-refractivity contribution in [2.45, 2.75) is 0 Å². The maximum atomic E-state index is 4.96. The Morgan fingerprint density at radius 3 is 3.25 bits per heavy atom. The summed E-state index contributed by atoms with van der Waals surface area (Å²) in [6.07, 6.45) is 5.09. The Hall–Kier alpha value is -1.05. The fourth-order valence-corrected chi connectivity index (χ4v) is 0.479. The van der Waals surface area contributed by atoms with Gasteiger partial charge in [0.15, 0.2) is 0 Å². The number of ether oxygens (including phenoxy) is 1. The number of nitrogens with zero attached hydrogens (tertiary/aromatic N) is 1. The van der Waals surface area contributed by atoms with Crippen molar-refractivity contribution in [3.05, 3.63) is 24.6 Å². The first-order valence-electron chi connectivity index (χ1n) is 2.41. The van der Waals surface area contributed by atoms with Gasteiger partial charge in [-0.1, -0.05) is 12.7 Å². The Balaban J connectivity index is 2.58. The van der Waals surface area contributed by atoms with Crippen LogP contribution in [0.1, 0.15) is 0 Å². The molecule has 0 aromatic carbocycles. The van der Waals surface area contributed by atoms with E-state index >= 15 is 0 Å². The lowest BCUT2D eigenvalue weighted by atomic mass is 10.6. The van der Waals surface area contributed by atoms with Crippen molar-refractivity contribution in [3.8, 4) is 0 Å². The fourth-order valence-electron chi connectivity index (χ4n) is 0.479. The molecule has 0 spiro atoms. The molecule has 0 saturated carbocycles. The molecule has 8 heavy (non-hydrogen) atoms. The average molecular weight is 109 g/mol. The highest BCUT2D eigenvalue weighted by molar-refractivity contribution is 5.62. The molecule has 1 heterocycles. The van der Waals surface area contributed by atoms with E-state index in [-0.39, 0.29) is 0 Å². The Morgan fingerprint density at radius 1 is 1.88 bits per heavy atom. The van der Waals surface area contributed by atoms with Gasteiger partial charge in [-0.25, -0.2) is 4.99 Å². The number of hydrogen-bond acceptors (Lipinski definition) is 2. The van der Waals surface area contributed by atoms with Gasteiger partial charge in [0.1, 0.15) is 6.61 Å². The monoisotopic (exact) mass is 109 g/mol. The molecule has 1 aliphatic heterocycles. The smallest absolute Gasteiger partial charge is 0.213 e. The minimum Gasteiger partial charge on any atom is -0.472 e. The van der Waals surface area contributed by atoms with E-state index in [1.807, 2.05) is 0 Å². The van der Waals surface area contributed by atoms with Gasteiger partial charge in [0.05, 0.1) is 0 Å². The van der Waals surface area contributed by atoms with Gasteiger partial charge < -0.3 is 4.74 Å². The summed E-state index contributed by atoms with van der Waals surface area (Å²) >= 11 is 0. The van der Waals surface area contributed by atoms with E-state index in [9.17, 15) is 0 Å². The normalized spacial score (nSPS) is 21.2. The Labute approximate surface area is 48.2 Å². The van der Waals surface area contributed by atoms with Crippen molar-refractivity contribution >= 4 is 6.21 Å². The summed E-state index contributed by atoms with van der Waals surface area (Å²) in [6, 6.07) is 0. The number of rotatable bonds is 1. The van der Waals surface area contributed by atoms with Crippen molar-refractivity contribution < 1.29 is 4.74 Å². The minimum absolute atomic E-state index is 0.597. The molecule has 0 atom stereocenters. The third-order valence-electron chi connectivity index (χ3n) is 0.785. The van der Waals surface area contributed by atoms with Crippen LogP contribution >= 0.6 is 0 Å². The molecule has 2 heteroatoms. The fraction of sp³-hybridized carbons (Fsp3) is 0.167. The van der Waals surface area contributed by atoms with E-state index in [0.29, 0.717) is 12.5 Å². The van der Waals surface area contributed by atoms with Crippen LogP contribution in [-0.2, 0) is 4.74 Å². The molecule has 0 aromatic heterocycles. The van der Waals surface area contributed by atoms with E-state index in [1.54, 1.807) is 18.4 Å². The molecule has 0 N–H and O–H groups in total. The van der Waals surface area contributed by atoms with E-state index in [0.717, 1.165) is 0 Å². The second-order valence-electron chi connectivity index (χ2n) is 1.36. The zero-order valence-electron chi connectivity index (χ0n) is 4.50. The molecule has 0 aliphatic carbocycles. The van der Waals surface area contributed by atoms with E-state index in [1.165, 1.54) is 0 Å². The summed E-state index contributed by atoms with van der Waals surface area (Å²) in [6.45, 7) is 4.09. The van der Waals surface area contributed by atoms with E-state index < -0.39 is 0 Å². The molecule has 2 nitrogen and oxygen atoms in total. The van der Waals surface area contributed by atoms with Crippen LogP contribution in [0.5, 0.6) is 0 Å². The first-order valence-corrected chi connectivity index (χ1v) is 2.41. The summed E-state index contributed by atoms with van der Waals surface area (Å²) in [5, 5.41) is 0. The first-order chi connectivity index (χ1) is 3.93. The van der Waals surface area contributed by atoms with Crippen LogP contribution in [0, 0.1) is 0 Å². The van der Waals surface area contributed by atoms with Crippen LogP contribution in [0.3, 0.4) is 0 Å². The van der Waals surface area contributed by atoms with Gasteiger partial charge >= 0.3 is 0 Å². The largest absolute Gasteiger partial charge is 0.472 e. The Morgan fingerprint density at radius 2 is 2.75 bits per heavy atom. The maximum absolute atomic E-state index is 4.96.